The number of methoxy groups -OCH3 is 4. The average Bonchev–Trinajstić information content (AvgIpc) is 3.37. The number of hydrogen-bond donors (Lipinski definition) is 2. The first-order valence-electron chi connectivity index (χ1n) is 25.9. The van der Waals surface area contributed by atoms with E-state index in [1.165, 1.54) is 18.1 Å². The summed E-state index contributed by atoms with van der Waals surface area (Å²) >= 11 is 0. The van der Waals surface area contributed by atoms with Gasteiger partial charge in [-0.3, -0.25) is 24.6 Å². The molecular weight excluding hydrogens is 1090 g/mol. The van der Waals surface area contributed by atoms with Gasteiger partial charge in [0.2, 0.25) is 10.0 Å². The van der Waals surface area contributed by atoms with Crippen molar-refractivity contribution in [1.29, 1.82) is 0 Å². The van der Waals surface area contributed by atoms with Crippen LogP contribution in [0.5, 0.6) is 23.0 Å². The van der Waals surface area contributed by atoms with Gasteiger partial charge in [0.05, 0.1) is 39.5 Å². The van der Waals surface area contributed by atoms with Crippen molar-refractivity contribution in [3.63, 3.8) is 0 Å². The highest BCUT2D eigenvalue weighted by molar-refractivity contribution is 7.90. The Morgan fingerprint density at radius 3 is 1.56 bits per heavy atom. The lowest BCUT2D eigenvalue weighted by Gasteiger charge is -2.41. The second-order valence-electron chi connectivity index (χ2n) is 21.1. The minimum absolute atomic E-state index is 0. The summed E-state index contributed by atoms with van der Waals surface area (Å²) in [6.45, 7) is 22.1. The lowest BCUT2D eigenvalue weighted by Crippen LogP contribution is -2.53. The number of nitrogens with one attached hydrogen (secondary N) is 1. The molecule has 2 saturated heterocycles. The van der Waals surface area contributed by atoms with Crippen molar-refractivity contribution in [1.82, 2.24) is 24.5 Å². The summed E-state index contributed by atoms with van der Waals surface area (Å²) in [5.74, 6) is 1.28. The number of ether oxygens (including phenoxy) is 6. The Bertz CT molecular complexity index is 3090. The number of pyridine rings is 3. The van der Waals surface area contributed by atoms with E-state index >= 15 is 0 Å². The summed E-state index contributed by atoms with van der Waals surface area (Å²) in [6.07, 6.45) is 5.15. The summed E-state index contributed by atoms with van der Waals surface area (Å²) in [4.78, 5) is 32.1. The van der Waals surface area contributed by atoms with Gasteiger partial charge in [0, 0.05) is 162 Å². The van der Waals surface area contributed by atoms with Crippen molar-refractivity contribution in [2.24, 2.45) is 10.1 Å². The molecule has 2 aliphatic rings. The Kier molecular flexibility index (Phi) is 24.0. The van der Waals surface area contributed by atoms with Gasteiger partial charge in [0.1, 0.15) is 5.60 Å². The van der Waals surface area contributed by atoms with E-state index < -0.39 is 49.2 Å². The molecule has 0 amide bonds. The molecule has 23 nitrogen and oxygen atoms in total. The van der Waals surface area contributed by atoms with Crippen molar-refractivity contribution in [3.8, 4) is 23.0 Å². The van der Waals surface area contributed by atoms with Crippen LogP contribution in [0.2, 0.25) is 0 Å². The topological polar surface area (TPSA) is 260 Å². The lowest BCUT2D eigenvalue weighted by molar-refractivity contribution is -0.511. The van der Waals surface area contributed by atoms with Crippen LogP contribution in [0, 0.1) is 0 Å². The van der Waals surface area contributed by atoms with Crippen LogP contribution in [0.15, 0.2) is 77.7 Å². The number of carbonyl (C=O) groups excluding carboxylic acids is 1. The molecule has 0 radical (unpaired) electrons. The van der Waals surface area contributed by atoms with Crippen molar-refractivity contribution >= 4 is 83.6 Å². The molecule has 0 aliphatic carbocycles. The maximum atomic E-state index is 12.2. The minimum atomic E-state index is -4.13. The van der Waals surface area contributed by atoms with E-state index in [1.54, 1.807) is 88.3 Å². The number of benzene rings is 2. The van der Waals surface area contributed by atoms with E-state index in [0.29, 0.717) is 36.4 Å². The van der Waals surface area contributed by atoms with Gasteiger partial charge in [-0.05, 0) is 58.9 Å². The number of hydrogen-bond acceptors (Lipinski definition) is 20. The van der Waals surface area contributed by atoms with Crippen LogP contribution in [0.1, 0.15) is 55.4 Å². The molecular formula is C54H82ClN11O12S2. The lowest BCUT2D eigenvalue weighted by atomic mass is 10.1. The Morgan fingerprint density at radius 2 is 1.16 bits per heavy atom. The van der Waals surface area contributed by atoms with E-state index in [4.69, 9.17) is 34.2 Å². The molecule has 80 heavy (non-hydrogen) atoms. The van der Waals surface area contributed by atoms with Crippen molar-refractivity contribution in [3.05, 3.63) is 73.3 Å². The number of sulfonamides is 1. The number of nitrogens with two attached hydrogens (primary N) is 1. The molecule has 2 aromatic carbocycles. The smallest absolute Gasteiger partial charge is 0.493 e. The van der Waals surface area contributed by atoms with Crippen LogP contribution in [0.3, 0.4) is 0 Å². The predicted molar refractivity (Wildman–Crippen MR) is 314 cm³/mol. The molecule has 26 heteroatoms. The predicted octanol–water partition coefficient (Wildman–Crippen LogP) is 3.83. The Balaban J connectivity index is 0.000000269. The summed E-state index contributed by atoms with van der Waals surface area (Å²) in [5.41, 5.74) is 9.03. The highest BCUT2D eigenvalue weighted by atomic mass is 35.5. The van der Waals surface area contributed by atoms with Crippen LogP contribution in [-0.2, 0) is 34.5 Å². The molecule has 444 valence electrons. The molecule has 0 spiro atoms. The standard InChI is InChI=1S/C24H36N4O6S.C18H26N4O2.C12H19N3O4S.ClH/c1-17-15-28(20-7-8-25-19-14-22(33-6)21(32-5)13-18(19)20)12-11-27(17)10-9-26-35(30,31)16-23(29)34-24(2,3)4;1-13-12-22(9-8-21(13)7-5-19)16-4-6-20-15-11-18(24-3)17(23-2)10-14(15)16;1-12(2,3)19-11(16)13-20(17,18)15-8-6-10(7-9-15)14(4)5;/h7-8,13-14,17,26H,9-12,15-16H2,1-6H3;4,6,10-11,13H,5,7-9,12,19H2,1-3H3;6-9H,1-5H3;1H/t17-;13-;;/m11../s1. The van der Waals surface area contributed by atoms with Crippen LogP contribution < -0.4 is 53.2 Å². The van der Waals surface area contributed by atoms with Crippen LogP contribution in [-0.4, -0.2) is 186 Å². The average molecular weight is 1180 g/mol. The molecule has 0 bridgehead atoms. The summed E-state index contributed by atoms with van der Waals surface area (Å²) in [5, 5.41) is 13.5. The fourth-order valence-electron chi connectivity index (χ4n) is 8.93. The third kappa shape index (κ3) is 18.9. The number of fused-ring (bicyclic) bond motifs is 2. The molecule has 2 aliphatic heterocycles. The van der Waals surface area contributed by atoms with Gasteiger partial charge in [-0.1, -0.05) is 29.1 Å². The van der Waals surface area contributed by atoms with Crippen LogP contribution in [0.25, 0.3) is 21.8 Å². The third-order valence-electron chi connectivity index (χ3n) is 12.7. The van der Waals surface area contributed by atoms with E-state index in [0.717, 1.165) is 88.7 Å². The zero-order valence-electron chi connectivity index (χ0n) is 48.6. The largest absolute Gasteiger partial charge is 0.594 e. The Morgan fingerprint density at radius 1 is 0.725 bits per heavy atom. The number of rotatable bonds is 17. The van der Waals surface area contributed by atoms with Gasteiger partial charge in [0.25, 0.3) is 0 Å². The summed E-state index contributed by atoms with van der Waals surface area (Å²) < 4.78 is 86.4. The fourth-order valence-corrected chi connectivity index (χ4v) is 10.5. The maximum Gasteiger partial charge on any atom is 0.493 e. The zero-order valence-corrected chi connectivity index (χ0v) is 51.0. The number of halogens is 1. The van der Waals surface area contributed by atoms with Crippen molar-refractivity contribution in [2.45, 2.75) is 78.7 Å². The van der Waals surface area contributed by atoms with Gasteiger partial charge in [-0.25, -0.2) is 13.1 Å². The molecule has 2 fully saturated rings. The number of carbonyl (C=O) groups is 1. The van der Waals surface area contributed by atoms with Gasteiger partial charge in [-0.15, -0.1) is 20.8 Å². The molecule has 3 aromatic heterocycles. The maximum absolute atomic E-state index is 12.2. The first kappa shape index (κ1) is 66.3. The number of esters is 1. The van der Waals surface area contributed by atoms with E-state index in [9.17, 15) is 26.7 Å². The Hall–Kier alpha value is -6.22. The van der Waals surface area contributed by atoms with Gasteiger partial charge >= 0.3 is 16.2 Å². The molecule has 2 atom stereocenters. The first-order valence-corrected chi connectivity index (χ1v) is 28.9. The minimum Gasteiger partial charge on any atom is -0.594 e. The molecule has 0 unspecified atom stereocenters. The Labute approximate surface area is 478 Å². The van der Waals surface area contributed by atoms with Gasteiger partial charge in [-0.2, -0.15) is 0 Å². The second-order valence-corrected chi connectivity index (χ2v) is 24.4. The normalized spacial score (nSPS) is 16.6. The quantitative estimate of drug-likeness (QED) is 0.0580. The van der Waals surface area contributed by atoms with E-state index in [2.05, 4.69) is 58.6 Å². The fraction of sp³-hybridized carbons (Fsp3) is 0.537. The molecule has 5 aromatic rings. The molecule has 7 rings (SSSR count). The number of anilines is 3. The highest BCUT2D eigenvalue weighted by Gasteiger charge is 2.29. The van der Waals surface area contributed by atoms with Crippen LogP contribution >= 0.6 is 12.4 Å². The van der Waals surface area contributed by atoms with Crippen LogP contribution in [0.4, 0.5) is 17.1 Å². The SMILES string of the molecule is CN(C)c1cc[n+](S(=O)(=O)N=C([O-])OC(C)(C)C)cc1.COc1cc2nccc(N3CCN(CCN)[C@H](C)C3)c2cc1OC.COc1cc2nccc(N3CCN(CCNS(=O)(=O)CC(=O)OC(C)(C)C)[C@H](C)C3)c2cc1OC.Cl. The summed E-state index contributed by atoms with van der Waals surface area (Å²) in [7, 11) is 2.31. The number of nitrogens with zero attached hydrogens (tertiary/aromatic N) is 9. The van der Waals surface area contributed by atoms with Gasteiger partial charge in [0.15, 0.2) is 47.2 Å². The zero-order chi connectivity index (χ0) is 58.5. The molecule has 0 saturated carbocycles. The summed E-state index contributed by atoms with van der Waals surface area (Å²) in [6, 6.07) is 15.7. The molecule has 3 N–H and O–H groups in total. The highest BCUT2D eigenvalue weighted by Crippen LogP contribution is 2.38. The van der Waals surface area contributed by atoms with Crippen molar-refractivity contribution < 1.29 is 59.1 Å². The number of piperazine rings is 2. The monoisotopic (exact) mass is 1180 g/mol. The first-order chi connectivity index (χ1) is 37.1. The van der Waals surface area contributed by atoms with Gasteiger partial charge < -0.3 is 54.0 Å². The van der Waals surface area contributed by atoms with Crippen molar-refractivity contribution in [2.75, 3.05) is 128 Å². The van der Waals surface area contributed by atoms with E-state index in [1.807, 2.05) is 55.5 Å². The third-order valence-corrected chi connectivity index (χ3v) is 15.1. The molecule has 5 heterocycles. The second kappa shape index (κ2) is 29.0. The van der Waals surface area contributed by atoms with E-state index in [-0.39, 0.29) is 25.0 Å². The number of aromatic nitrogens is 3.